The van der Waals surface area contributed by atoms with E-state index >= 15 is 0 Å². The molecule has 22 heavy (non-hydrogen) atoms. The average Bonchev–Trinajstić information content (AvgIpc) is 2.51. The van der Waals surface area contributed by atoms with Gasteiger partial charge in [-0.1, -0.05) is 48.9 Å². The van der Waals surface area contributed by atoms with Gasteiger partial charge in [0.15, 0.2) is 0 Å². The molecule has 5 heteroatoms. The first-order valence-electron chi connectivity index (χ1n) is 8.04. The van der Waals surface area contributed by atoms with Crippen molar-refractivity contribution >= 4 is 35.0 Å². The molecule has 3 atom stereocenters. The molecule has 0 saturated heterocycles. The van der Waals surface area contributed by atoms with Gasteiger partial charge in [-0.25, -0.2) is 4.79 Å². The fourth-order valence-electron chi connectivity index (χ4n) is 3.81. The van der Waals surface area contributed by atoms with E-state index < -0.39 is 6.09 Å². The van der Waals surface area contributed by atoms with Crippen molar-refractivity contribution in [2.24, 2.45) is 11.8 Å². The summed E-state index contributed by atoms with van der Waals surface area (Å²) >= 11 is 11.8. The Bertz CT molecular complexity index is 549. The number of carbonyl (C=O) groups excluding carboxylic acids is 1. The molecule has 0 bridgehead atoms. The van der Waals surface area contributed by atoms with Gasteiger partial charge in [0.25, 0.3) is 0 Å². The summed E-state index contributed by atoms with van der Waals surface area (Å²) in [7, 11) is 0. The second-order valence-electron chi connectivity index (χ2n) is 6.40. The minimum Gasteiger partial charge on any atom is -0.446 e. The smallest absolute Gasteiger partial charge is 0.411 e. The predicted molar refractivity (Wildman–Crippen MR) is 89.7 cm³/mol. The Morgan fingerprint density at radius 1 is 1.05 bits per heavy atom. The number of ether oxygens (including phenoxy) is 1. The van der Waals surface area contributed by atoms with Crippen molar-refractivity contribution < 1.29 is 9.53 Å². The van der Waals surface area contributed by atoms with E-state index in [1.165, 1.54) is 32.1 Å². The molecule has 0 spiro atoms. The van der Waals surface area contributed by atoms with Crippen molar-refractivity contribution in [2.45, 2.75) is 51.0 Å². The van der Waals surface area contributed by atoms with Gasteiger partial charge in [0.1, 0.15) is 6.10 Å². The summed E-state index contributed by atoms with van der Waals surface area (Å²) in [5, 5.41) is 3.61. The van der Waals surface area contributed by atoms with Gasteiger partial charge in [0.2, 0.25) is 0 Å². The van der Waals surface area contributed by atoms with Crippen molar-refractivity contribution in [3.8, 4) is 0 Å². The highest BCUT2D eigenvalue weighted by molar-refractivity contribution is 6.42. The highest BCUT2D eigenvalue weighted by Crippen LogP contribution is 2.41. The summed E-state index contributed by atoms with van der Waals surface area (Å²) < 4.78 is 5.59. The fraction of sp³-hybridized carbons (Fsp3) is 0.588. The lowest BCUT2D eigenvalue weighted by Gasteiger charge is -2.38. The first kappa shape index (κ1) is 15.9. The SMILES string of the molecule is O=C(Nc1ccc(Cl)c(Cl)c1)O[C@@H]1CC[C@@H]2CCCC[C@H]2C1. The predicted octanol–water partition coefficient (Wildman–Crippen LogP) is 5.90. The van der Waals surface area contributed by atoms with E-state index in [1.54, 1.807) is 18.2 Å². The first-order chi connectivity index (χ1) is 10.6. The van der Waals surface area contributed by atoms with Gasteiger partial charge in [0.05, 0.1) is 10.0 Å². The molecule has 2 aliphatic rings. The van der Waals surface area contributed by atoms with Crippen molar-refractivity contribution in [3.05, 3.63) is 28.2 Å². The topological polar surface area (TPSA) is 38.3 Å². The van der Waals surface area contributed by atoms with Crippen LogP contribution in [0.1, 0.15) is 44.9 Å². The van der Waals surface area contributed by atoms with E-state index in [4.69, 9.17) is 27.9 Å². The van der Waals surface area contributed by atoms with E-state index in [9.17, 15) is 4.79 Å². The molecule has 0 heterocycles. The molecule has 3 rings (SSSR count). The number of amides is 1. The Kier molecular flexibility index (Phi) is 5.14. The molecule has 3 nitrogen and oxygen atoms in total. The van der Waals surface area contributed by atoms with Gasteiger partial charge < -0.3 is 4.74 Å². The van der Waals surface area contributed by atoms with Crippen molar-refractivity contribution in [1.29, 1.82) is 0 Å². The molecule has 0 aromatic heterocycles. The van der Waals surface area contributed by atoms with Crippen LogP contribution in [-0.2, 0) is 4.74 Å². The molecule has 0 radical (unpaired) electrons. The quantitative estimate of drug-likeness (QED) is 0.726. The number of hydrogen-bond donors (Lipinski definition) is 1. The minimum atomic E-state index is -0.405. The molecule has 2 saturated carbocycles. The second-order valence-corrected chi connectivity index (χ2v) is 7.21. The Hall–Kier alpha value is -0.930. The molecule has 1 amide bonds. The van der Waals surface area contributed by atoms with Crippen LogP contribution in [0.2, 0.25) is 10.0 Å². The Labute approximate surface area is 141 Å². The largest absolute Gasteiger partial charge is 0.446 e. The maximum atomic E-state index is 12.0. The van der Waals surface area contributed by atoms with E-state index in [0.29, 0.717) is 15.7 Å². The van der Waals surface area contributed by atoms with Crippen LogP contribution in [-0.4, -0.2) is 12.2 Å². The van der Waals surface area contributed by atoms with Gasteiger partial charge in [-0.2, -0.15) is 0 Å². The van der Waals surface area contributed by atoms with Crippen molar-refractivity contribution in [1.82, 2.24) is 0 Å². The highest BCUT2D eigenvalue weighted by Gasteiger charge is 2.33. The molecular weight excluding hydrogens is 321 g/mol. The van der Waals surface area contributed by atoms with Crippen LogP contribution in [0.4, 0.5) is 10.5 Å². The van der Waals surface area contributed by atoms with E-state index in [-0.39, 0.29) is 6.10 Å². The van der Waals surface area contributed by atoms with Gasteiger partial charge in [0, 0.05) is 5.69 Å². The molecular formula is C17H21Cl2NO2. The van der Waals surface area contributed by atoms with Gasteiger partial charge in [-0.05, 0) is 49.3 Å². The summed E-state index contributed by atoms with van der Waals surface area (Å²) in [5.41, 5.74) is 0.603. The number of carbonyl (C=O) groups is 1. The number of benzene rings is 1. The molecule has 0 unspecified atom stereocenters. The normalized spacial score (nSPS) is 27.8. The van der Waals surface area contributed by atoms with Crippen LogP contribution < -0.4 is 5.32 Å². The number of rotatable bonds is 2. The lowest BCUT2D eigenvalue weighted by molar-refractivity contribution is 0.0339. The molecule has 1 aromatic rings. The van der Waals surface area contributed by atoms with E-state index in [0.717, 1.165) is 24.7 Å². The highest BCUT2D eigenvalue weighted by atomic mass is 35.5. The lowest BCUT2D eigenvalue weighted by Crippen LogP contribution is -2.33. The number of nitrogens with one attached hydrogen (secondary N) is 1. The molecule has 2 aliphatic carbocycles. The van der Waals surface area contributed by atoms with Crippen LogP contribution in [0.5, 0.6) is 0 Å². The van der Waals surface area contributed by atoms with E-state index in [2.05, 4.69) is 5.32 Å². The first-order valence-corrected chi connectivity index (χ1v) is 8.80. The number of halogens is 2. The van der Waals surface area contributed by atoms with Gasteiger partial charge in [-0.3, -0.25) is 5.32 Å². The van der Waals surface area contributed by atoms with Gasteiger partial charge in [-0.15, -0.1) is 0 Å². The van der Waals surface area contributed by atoms with Crippen LogP contribution in [0, 0.1) is 11.8 Å². The zero-order valence-electron chi connectivity index (χ0n) is 12.5. The third kappa shape index (κ3) is 3.88. The maximum Gasteiger partial charge on any atom is 0.411 e. The zero-order chi connectivity index (χ0) is 15.5. The fourth-order valence-corrected chi connectivity index (χ4v) is 4.11. The Morgan fingerprint density at radius 2 is 1.82 bits per heavy atom. The molecule has 0 aliphatic heterocycles. The summed E-state index contributed by atoms with van der Waals surface area (Å²) in [4.78, 5) is 12.0. The van der Waals surface area contributed by atoms with Crippen LogP contribution in [0.3, 0.4) is 0 Å². The third-order valence-electron chi connectivity index (χ3n) is 4.93. The monoisotopic (exact) mass is 341 g/mol. The van der Waals surface area contributed by atoms with Crippen LogP contribution >= 0.6 is 23.2 Å². The van der Waals surface area contributed by atoms with Crippen LogP contribution in [0.15, 0.2) is 18.2 Å². The van der Waals surface area contributed by atoms with Gasteiger partial charge >= 0.3 is 6.09 Å². The van der Waals surface area contributed by atoms with E-state index in [1.807, 2.05) is 0 Å². The Balaban J connectivity index is 1.52. The maximum absolute atomic E-state index is 12.0. The number of anilines is 1. The average molecular weight is 342 g/mol. The number of fused-ring (bicyclic) bond motifs is 1. The standard InChI is InChI=1S/C17H21Cl2NO2/c18-15-8-6-13(10-16(15)19)20-17(21)22-14-7-5-11-3-1-2-4-12(11)9-14/h6,8,10-12,14H,1-5,7,9H2,(H,20,21)/t11-,12-,14+/m0/s1. The summed E-state index contributed by atoms with van der Waals surface area (Å²) in [6.07, 6.45) is 8.16. The number of hydrogen-bond acceptors (Lipinski definition) is 2. The molecule has 1 N–H and O–H groups in total. The summed E-state index contributed by atoms with van der Waals surface area (Å²) in [6.45, 7) is 0. The lowest BCUT2D eigenvalue weighted by atomic mass is 9.70. The summed E-state index contributed by atoms with van der Waals surface area (Å²) in [5.74, 6) is 1.59. The second kappa shape index (κ2) is 7.10. The molecule has 1 aromatic carbocycles. The van der Waals surface area contributed by atoms with Crippen molar-refractivity contribution in [3.63, 3.8) is 0 Å². The molecule has 2 fully saturated rings. The summed E-state index contributed by atoms with van der Waals surface area (Å²) in [6, 6.07) is 5.00. The van der Waals surface area contributed by atoms with Crippen LogP contribution in [0.25, 0.3) is 0 Å². The zero-order valence-corrected chi connectivity index (χ0v) is 14.0. The molecule has 120 valence electrons. The third-order valence-corrected chi connectivity index (χ3v) is 5.67. The minimum absolute atomic E-state index is 0.0436. The Morgan fingerprint density at radius 3 is 2.59 bits per heavy atom. The van der Waals surface area contributed by atoms with Crippen molar-refractivity contribution in [2.75, 3.05) is 5.32 Å².